The minimum absolute atomic E-state index is 0.0977. The smallest absolute Gasteiger partial charge is 0.329 e. The Balaban J connectivity index is 1.73. The number of hydrogen-bond donors (Lipinski definition) is 2. The Kier molecular flexibility index (Phi) is 5.06. The molecule has 1 aliphatic carbocycles. The van der Waals surface area contributed by atoms with Gasteiger partial charge in [0.2, 0.25) is 5.91 Å². The second-order valence-corrected chi connectivity index (χ2v) is 6.95. The Hall–Kier alpha value is -2.37. The highest BCUT2D eigenvalue weighted by Gasteiger charge is 2.40. The van der Waals surface area contributed by atoms with Gasteiger partial charge in [0.15, 0.2) is 0 Å². The van der Waals surface area contributed by atoms with Crippen LogP contribution in [-0.2, 0) is 9.59 Å². The molecule has 1 saturated heterocycles. The van der Waals surface area contributed by atoms with Crippen molar-refractivity contribution in [3.63, 3.8) is 0 Å². The molecule has 1 heterocycles. The van der Waals surface area contributed by atoms with E-state index in [1.54, 1.807) is 29.2 Å². The van der Waals surface area contributed by atoms with Crippen molar-refractivity contribution in [2.75, 3.05) is 11.4 Å². The number of carbonyl (C=O) groups is 3. The van der Waals surface area contributed by atoms with Gasteiger partial charge in [-0.1, -0.05) is 25.7 Å². The standard InChI is InChI=1S/C19H24N2O4/c22-16-6-5-13-21(16)15-9-7-14(8-10-15)17(23)20-19(18(24)25)11-3-1-2-4-12-19/h7-10H,1-6,11-13H2,(H,20,23)(H,24,25). The topological polar surface area (TPSA) is 86.7 Å². The number of carbonyl (C=O) groups excluding carboxylic acids is 2. The van der Waals surface area contributed by atoms with Crippen LogP contribution in [0, 0.1) is 0 Å². The molecule has 0 radical (unpaired) electrons. The zero-order valence-corrected chi connectivity index (χ0v) is 14.3. The number of nitrogens with zero attached hydrogens (tertiary/aromatic N) is 1. The van der Waals surface area contributed by atoms with Crippen molar-refractivity contribution in [3.05, 3.63) is 29.8 Å². The van der Waals surface area contributed by atoms with Gasteiger partial charge < -0.3 is 15.3 Å². The molecule has 2 aliphatic rings. The molecule has 2 amide bonds. The van der Waals surface area contributed by atoms with E-state index in [1.807, 2.05) is 0 Å². The van der Waals surface area contributed by atoms with E-state index in [2.05, 4.69) is 5.32 Å². The number of aliphatic carboxylic acids is 1. The van der Waals surface area contributed by atoms with E-state index in [9.17, 15) is 19.5 Å². The van der Waals surface area contributed by atoms with Crippen molar-refractivity contribution in [1.29, 1.82) is 0 Å². The predicted molar refractivity (Wildman–Crippen MR) is 93.6 cm³/mol. The van der Waals surface area contributed by atoms with Crippen LogP contribution in [0.15, 0.2) is 24.3 Å². The highest BCUT2D eigenvalue weighted by molar-refractivity contribution is 5.99. The van der Waals surface area contributed by atoms with Crippen molar-refractivity contribution in [1.82, 2.24) is 5.32 Å². The summed E-state index contributed by atoms with van der Waals surface area (Å²) >= 11 is 0. The molecule has 1 saturated carbocycles. The molecule has 134 valence electrons. The molecule has 0 unspecified atom stereocenters. The van der Waals surface area contributed by atoms with Gasteiger partial charge in [0, 0.05) is 24.2 Å². The van der Waals surface area contributed by atoms with Crippen molar-refractivity contribution in [3.8, 4) is 0 Å². The second-order valence-electron chi connectivity index (χ2n) is 6.95. The summed E-state index contributed by atoms with van der Waals surface area (Å²) in [7, 11) is 0. The zero-order chi connectivity index (χ0) is 17.9. The SMILES string of the molecule is O=C(NC1(C(=O)O)CCCCCC1)c1ccc(N2CCCC2=O)cc1. The molecule has 0 atom stereocenters. The Bertz CT molecular complexity index is 661. The lowest BCUT2D eigenvalue weighted by atomic mass is 9.90. The summed E-state index contributed by atoms with van der Waals surface area (Å²) < 4.78 is 0. The van der Waals surface area contributed by atoms with Gasteiger partial charge in [0.05, 0.1) is 0 Å². The van der Waals surface area contributed by atoms with Gasteiger partial charge in [-0.05, 0) is 43.5 Å². The molecule has 0 spiro atoms. The van der Waals surface area contributed by atoms with E-state index in [-0.39, 0.29) is 11.8 Å². The average Bonchev–Trinajstić information content (AvgIpc) is 2.88. The van der Waals surface area contributed by atoms with Crippen LogP contribution >= 0.6 is 0 Å². The van der Waals surface area contributed by atoms with Gasteiger partial charge in [0.25, 0.3) is 5.91 Å². The molecular formula is C19H24N2O4. The number of anilines is 1. The summed E-state index contributed by atoms with van der Waals surface area (Å²) in [6.45, 7) is 0.701. The monoisotopic (exact) mass is 344 g/mol. The molecule has 6 heteroatoms. The fourth-order valence-corrected chi connectivity index (χ4v) is 3.73. The lowest BCUT2D eigenvalue weighted by molar-refractivity contribution is -0.145. The van der Waals surface area contributed by atoms with Gasteiger partial charge in [-0.25, -0.2) is 4.79 Å². The Labute approximate surface area is 147 Å². The highest BCUT2D eigenvalue weighted by atomic mass is 16.4. The minimum atomic E-state index is -1.17. The van der Waals surface area contributed by atoms with Gasteiger partial charge in [0.1, 0.15) is 5.54 Å². The number of benzene rings is 1. The molecule has 1 aliphatic heterocycles. The first-order valence-electron chi connectivity index (χ1n) is 8.98. The van der Waals surface area contributed by atoms with Crippen molar-refractivity contribution < 1.29 is 19.5 Å². The summed E-state index contributed by atoms with van der Waals surface area (Å²) in [6, 6.07) is 6.81. The van der Waals surface area contributed by atoms with E-state index in [4.69, 9.17) is 0 Å². The Morgan fingerprint density at radius 1 is 1.00 bits per heavy atom. The van der Waals surface area contributed by atoms with E-state index in [0.29, 0.717) is 31.4 Å². The van der Waals surface area contributed by atoms with E-state index in [1.165, 1.54) is 0 Å². The largest absolute Gasteiger partial charge is 0.480 e. The third kappa shape index (κ3) is 3.67. The number of carboxylic acids is 1. The first-order chi connectivity index (χ1) is 12.0. The summed E-state index contributed by atoms with van der Waals surface area (Å²) in [4.78, 5) is 37.9. The third-order valence-corrected chi connectivity index (χ3v) is 5.23. The maximum absolute atomic E-state index is 12.6. The zero-order valence-electron chi connectivity index (χ0n) is 14.3. The first-order valence-corrected chi connectivity index (χ1v) is 8.98. The minimum Gasteiger partial charge on any atom is -0.480 e. The molecule has 1 aromatic carbocycles. The van der Waals surface area contributed by atoms with E-state index < -0.39 is 11.5 Å². The maximum atomic E-state index is 12.6. The number of nitrogens with one attached hydrogen (secondary N) is 1. The molecule has 0 aromatic heterocycles. The quantitative estimate of drug-likeness (QED) is 0.822. The fourth-order valence-electron chi connectivity index (χ4n) is 3.73. The fraction of sp³-hybridized carbons (Fsp3) is 0.526. The molecule has 3 rings (SSSR count). The third-order valence-electron chi connectivity index (χ3n) is 5.23. The summed E-state index contributed by atoms with van der Waals surface area (Å²) in [5.41, 5.74) is 0.0266. The number of carboxylic acid groups (broad SMARTS) is 1. The van der Waals surface area contributed by atoms with Gasteiger partial charge in [-0.2, -0.15) is 0 Å². The Morgan fingerprint density at radius 3 is 2.16 bits per heavy atom. The van der Waals surface area contributed by atoms with Crippen LogP contribution in [0.2, 0.25) is 0 Å². The van der Waals surface area contributed by atoms with Crippen LogP contribution in [0.1, 0.15) is 61.7 Å². The molecule has 0 bridgehead atoms. The summed E-state index contributed by atoms with van der Waals surface area (Å²) in [5, 5.41) is 12.4. The lowest BCUT2D eigenvalue weighted by Gasteiger charge is -2.29. The van der Waals surface area contributed by atoms with Crippen molar-refractivity contribution >= 4 is 23.5 Å². The normalized spacial score (nSPS) is 20.2. The predicted octanol–water partition coefficient (Wildman–Crippen LogP) is 2.72. The van der Waals surface area contributed by atoms with Crippen LogP contribution in [0.25, 0.3) is 0 Å². The van der Waals surface area contributed by atoms with Crippen molar-refractivity contribution in [2.24, 2.45) is 0 Å². The first kappa shape index (κ1) is 17.5. The van der Waals surface area contributed by atoms with E-state index >= 15 is 0 Å². The summed E-state index contributed by atoms with van der Waals surface area (Å²) in [6.07, 6.45) is 5.96. The molecule has 1 aromatic rings. The molecule has 25 heavy (non-hydrogen) atoms. The molecule has 2 N–H and O–H groups in total. The van der Waals surface area contributed by atoms with Crippen molar-refractivity contribution in [2.45, 2.75) is 56.9 Å². The van der Waals surface area contributed by atoms with Gasteiger partial charge in [-0.3, -0.25) is 9.59 Å². The number of rotatable bonds is 4. The average molecular weight is 344 g/mol. The summed E-state index contributed by atoms with van der Waals surface area (Å²) in [5.74, 6) is -1.23. The number of hydrogen-bond acceptors (Lipinski definition) is 3. The highest BCUT2D eigenvalue weighted by Crippen LogP contribution is 2.28. The Morgan fingerprint density at radius 2 is 1.64 bits per heavy atom. The molecule has 6 nitrogen and oxygen atoms in total. The number of amides is 2. The maximum Gasteiger partial charge on any atom is 0.329 e. The van der Waals surface area contributed by atoms with Crippen LogP contribution < -0.4 is 10.2 Å². The second kappa shape index (κ2) is 7.25. The van der Waals surface area contributed by atoms with Crippen LogP contribution in [-0.4, -0.2) is 35.0 Å². The van der Waals surface area contributed by atoms with Crippen LogP contribution in [0.4, 0.5) is 5.69 Å². The lowest BCUT2D eigenvalue weighted by Crippen LogP contribution is -2.54. The molecule has 2 fully saturated rings. The van der Waals surface area contributed by atoms with Crippen LogP contribution in [0.5, 0.6) is 0 Å². The van der Waals surface area contributed by atoms with Crippen LogP contribution in [0.3, 0.4) is 0 Å². The molecular weight excluding hydrogens is 320 g/mol. The van der Waals surface area contributed by atoms with Gasteiger partial charge in [-0.15, -0.1) is 0 Å². The van der Waals surface area contributed by atoms with E-state index in [0.717, 1.165) is 37.8 Å². The van der Waals surface area contributed by atoms with Gasteiger partial charge >= 0.3 is 5.97 Å².